The van der Waals surface area contributed by atoms with Gasteiger partial charge in [0.25, 0.3) is 0 Å². The van der Waals surface area contributed by atoms with Crippen molar-refractivity contribution in [3.8, 4) is 0 Å². The van der Waals surface area contributed by atoms with Gasteiger partial charge in [-0.2, -0.15) is 0 Å². The van der Waals surface area contributed by atoms with Gasteiger partial charge in [0.05, 0.1) is 6.61 Å². The average molecular weight is 383 g/mol. The van der Waals surface area contributed by atoms with Crippen LogP contribution in [-0.4, -0.2) is 35.7 Å². The first kappa shape index (κ1) is 27.6. The van der Waals surface area contributed by atoms with Gasteiger partial charge < -0.3 is 4.74 Å². The summed E-state index contributed by atoms with van der Waals surface area (Å²) in [5.74, 6) is -0.522. The van der Waals surface area contributed by atoms with Crippen LogP contribution in [-0.2, 0) is 14.3 Å². The van der Waals surface area contributed by atoms with Crippen LogP contribution in [0.4, 0.5) is 0 Å². The van der Waals surface area contributed by atoms with Gasteiger partial charge in [-0.1, -0.05) is 76.9 Å². The van der Waals surface area contributed by atoms with Gasteiger partial charge in [0, 0.05) is 0 Å². The van der Waals surface area contributed by atoms with E-state index in [4.69, 9.17) is 4.74 Å². The summed E-state index contributed by atoms with van der Waals surface area (Å²) in [6.45, 7) is 4.12. The number of allylic oxidation sites excluding steroid dienone is 2. The molecule has 0 saturated heterocycles. The topological polar surface area (TPSA) is 43.4 Å². The van der Waals surface area contributed by atoms with E-state index in [1.807, 2.05) is 0 Å². The van der Waals surface area contributed by atoms with Crippen LogP contribution in [0.2, 0.25) is 0 Å². The van der Waals surface area contributed by atoms with Crippen LogP contribution < -0.4 is 0 Å². The molecule has 4 heteroatoms. The number of unbranched alkanes of at least 4 members (excludes halogenated alkanes) is 12. The summed E-state index contributed by atoms with van der Waals surface area (Å²) in [7, 11) is 0. The third-order valence-electron chi connectivity index (χ3n) is 4.31. The molecule has 0 heterocycles. The molecular weight excluding hydrogens is 339 g/mol. The van der Waals surface area contributed by atoms with Crippen molar-refractivity contribution in [3.63, 3.8) is 0 Å². The lowest BCUT2D eigenvalue weighted by Gasteiger charge is -2.03. The summed E-state index contributed by atoms with van der Waals surface area (Å²) in [6.07, 6.45) is 22.3. The van der Waals surface area contributed by atoms with Crippen LogP contribution in [0.25, 0.3) is 0 Å². The van der Waals surface area contributed by atoms with E-state index >= 15 is 0 Å². The molecule has 152 valence electrons. The molecular formula is C22H43AlO3. The van der Waals surface area contributed by atoms with Gasteiger partial charge in [0.15, 0.2) is 17.4 Å². The second kappa shape index (κ2) is 22.5. The van der Waals surface area contributed by atoms with Crippen molar-refractivity contribution in [2.45, 2.75) is 110 Å². The third-order valence-corrected chi connectivity index (χ3v) is 4.31. The van der Waals surface area contributed by atoms with E-state index in [1.54, 1.807) is 0 Å². The quantitative estimate of drug-likeness (QED) is 0.105. The number of hydrogen-bond acceptors (Lipinski definition) is 3. The smallest absolute Gasteiger partial charge is 0.313 e. The predicted octanol–water partition coefficient (Wildman–Crippen LogP) is 5.36. The van der Waals surface area contributed by atoms with Gasteiger partial charge >= 0.3 is 5.97 Å². The molecule has 0 bridgehead atoms. The van der Waals surface area contributed by atoms with Gasteiger partial charge in [0.1, 0.15) is 12.2 Å². The maximum absolute atomic E-state index is 11.2. The molecule has 0 aliphatic heterocycles. The van der Waals surface area contributed by atoms with Crippen molar-refractivity contribution >= 4 is 29.1 Å². The minimum absolute atomic E-state index is 0. The second-order valence-corrected chi connectivity index (χ2v) is 7.04. The molecule has 0 unspecified atom stereocenters. The zero-order valence-electron chi connectivity index (χ0n) is 16.7. The molecule has 0 rings (SSSR count). The fraction of sp³-hybridized carbons (Fsp3) is 0.818. The number of esters is 1. The minimum Gasteiger partial charge on any atom is -0.465 e. The molecule has 0 aromatic carbocycles. The number of hydrogen-bond donors (Lipinski definition) is 0. The highest BCUT2D eigenvalue weighted by Crippen LogP contribution is 2.10. The molecule has 0 fully saturated rings. The van der Waals surface area contributed by atoms with Gasteiger partial charge in [0.2, 0.25) is 0 Å². The van der Waals surface area contributed by atoms with Crippen molar-refractivity contribution < 1.29 is 14.3 Å². The molecule has 0 aliphatic rings. The molecule has 0 saturated carbocycles. The number of carbonyl (C=O) groups is 2. The van der Waals surface area contributed by atoms with Crippen LogP contribution in [0.3, 0.4) is 0 Å². The fourth-order valence-electron chi connectivity index (χ4n) is 2.79. The Balaban J connectivity index is 0. The summed E-state index contributed by atoms with van der Waals surface area (Å²) in [4.78, 5) is 21.9. The highest BCUT2D eigenvalue weighted by atomic mass is 27.0. The van der Waals surface area contributed by atoms with E-state index in [-0.39, 0.29) is 35.5 Å². The first-order valence-corrected chi connectivity index (χ1v) is 10.5. The molecule has 0 spiro atoms. The maximum atomic E-state index is 11.2. The highest BCUT2D eigenvalue weighted by molar-refractivity contribution is 5.94. The average Bonchev–Trinajstić information content (AvgIpc) is 2.57. The third kappa shape index (κ3) is 23.4. The summed E-state index contributed by atoms with van der Waals surface area (Å²) < 4.78 is 5.00. The van der Waals surface area contributed by atoms with Crippen molar-refractivity contribution in [1.82, 2.24) is 0 Å². The Morgan fingerprint density at radius 1 is 0.731 bits per heavy atom. The van der Waals surface area contributed by atoms with Gasteiger partial charge in [-0.3, -0.25) is 9.59 Å². The van der Waals surface area contributed by atoms with E-state index in [9.17, 15) is 9.59 Å². The van der Waals surface area contributed by atoms with Gasteiger partial charge in [-0.05, 0) is 39.0 Å². The normalized spacial score (nSPS) is 10.7. The van der Waals surface area contributed by atoms with Crippen LogP contribution in [0.5, 0.6) is 0 Å². The van der Waals surface area contributed by atoms with Crippen molar-refractivity contribution in [3.05, 3.63) is 12.2 Å². The number of ether oxygens (including phenoxy) is 1. The Labute approximate surface area is 172 Å². The molecule has 26 heavy (non-hydrogen) atoms. The maximum Gasteiger partial charge on any atom is 0.313 e. The standard InChI is InChI=1S/C22H40O3.Al.3H/c1-3-4-5-6-7-8-9-10-11-12-13-14-15-16-17-18-19-25-22(24)20-21(2)23;;;;/h10-11H,3-9,12-20H2,1-2H3;;;;/b11-10-;;;;. The molecule has 0 atom stereocenters. The van der Waals surface area contributed by atoms with E-state index in [2.05, 4.69) is 19.1 Å². The number of carbonyl (C=O) groups excluding carboxylic acids is 2. The molecule has 0 N–H and O–H groups in total. The lowest BCUT2D eigenvalue weighted by Crippen LogP contribution is -2.09. The van der Waals surface area contributed by atoms with Crippen LogP contribution in [0.1, 0.15) is 110 Å². The zero-order chi connectivity index (χ0) is 18.6. The Bertz CT molecular complexity index is 353. The second-order valence-electron chi connectivity index (χ2n) is 7.04. The molecule has 3 nitrogen and oxygen atoms in total. The van der Waals surface area contributed by atoms with E-state index in [0.717, 1.165) is 12.8 Å². The summed E-state index contributed by atoms with van der Waals surface area (Å²) >= 11 is 0. The monoisotopic (exact) mass is 382 g/mol. The number of Topliss-reactive ketones (excluding diaryl/α,β-unsaturated/α-hetero) is 1. The zero-order valence-corrected chi connectivity index (χ0v) is 16.7. The molecule has 0 amide bonds. The van der Waals surface area contributed by atoms with Crippen LogP contribution in [0.15, 0.2) is 12.2 Å². The Hall–Kier alpha value is -0.588. The number of ketones is 1. The first-order valence-electron chi connectivity index (χ1n) is 10.5. The molecule has 0 aliphatic carbocycles. The Morgan fingerprint density at radius 2 is 1.19 bits per heavy atom. The van der Waals surface area contributed by atoms with Crippen LogP contribution in [0, 0.1) is 0 Å². The predicted molar refractivity (Wildman–Crippen MR) is 116 cm³/mol. The lowest BCUT2D eigenvalue weighted by molar-refractivity contribution is -0.145. The molecule has 0 aromatic heterocycles. The summed E-state index contributed by atoms with van der Waals surface area (Å²) in [5, 5.41) is 0. The summed E-state index contributed by atoms with van der Waals surface area (Å²) in [6, 6.07) is 0. The Morgan fingerprint density at radius 3 is 1.69 bits per heavy atom. The van der Waals surface area contributed by atoms with Crippen molar-refractivity contribution in [2.24, 2.45) is 0 Å². The Kier molecular flexibility index (Phi) is 23.9. The number of rotatable bonds is 18. The minimum atomic E-state index is -0.389. The van der Waals surface area contributed by atoms with E-state index in [1.165, 1.54) is 84.0 Å². The highest BCUT2D eigenvalue weighted by Gasteiger charge is 2.05. The van der Waals surface area contributed by atoms with Gasteiger partial charge in [-0.25, -0.2) is 0 Å². The summed E-state index contributed by atoms with van der Waals surface area (Å²) in [5.41, 5.74) is 0. The van der Waals surface area contributed by atoms with Crippen LogP contribution >= 0.6 is 0 Å². The fourth-order valence-corrected chi connectivity index (χ4v) is 2.79. The molecule has 0 aromatic rings. The SMILES string of the molecule is CCCCCCCC/C=C\CCCCCCCCOC(=O)CC(C)=O.[AlH3]. The van der Waals surface area contributed by atoms with Gasteiger partial charge in [-0.15, -0.1) is 0 Å². The lowest BCUT2D eigenvalue weighted by atomic mass is 10.1. The largest absolute Gasteiger partial charge is 0.465 e. The van der Waals surface area contributed by atoms with E-state index < -0.39 is 0 Å². The van der Waals surface area contributed by atoms with Crippen molar-refractivity contribution in [1.29, 1.82) is 0 Å². The van der Waals surface area contributed by atoms with Crippen molar-refractivity contribution in [2.75, 3.05) is 6.61 Å². The molecule has 0 radical (unpaired) electrons. The van der Waals surface area contributed by atoms with E-state index in [0.29, 0.717) is 6.61 Å². The first-order chi connectivity index (χ1) is 12.2.